The van der Waals surface area contributed by atoms with Gasteiger partial charge in [0.25, 0.3) is 0 Å². The summed E-state index contributed by atoms with van der Waals surface area (Å²) in [5, 5.41) is 9.03. The van der Waals surface area contributed by atoms with E-state index in [2.05, 4.69) is 28.7 Å². The van der Waals surface area contributed by atoms with E-state index in [0.29, 0.717) is 23.6 Å². The molecule has 5 nitrogen and oxygen atoms in total. The van der Waals surface area contributed by atoms with Gasteiger partial charge in [-0.15, -0.1) is 0 Å². The molecule has 1 N–H and O–H groups in total. The van der Waals surface area contributed by atoms with E-state index in [9.17, 15) is 4.79 Å². The van der Waals surface area contributed by atoms with E-state index in [1.54, 1.807) is 6.92 Å². The molecule has 0 aliphatic carbocycles. The van der Waals surface area contributed by atoms with Crippen LogP contribution >= 0.6 is 0 Å². The number of carboxylic acids is 1. The molecule has 0 saturated carbocycles. The molecule has 0 amide bonds. The third-order valence-corrected chi connectivity index (χ3v) is 3.46. The Balaban J connectivity index is 2.30. The molecule has 0 aromatic carbocycles. The Kier molecular flexibility index (Phi) is 3.50. The van der Waals surface area contributed by atoms with Crippen LogP contribution in [0, 0.1) is 12.8 Å². The molecule has 1 aliphatic heterocycles. The summed E-state index contributed by atoms with van der Waals surface area (Å²) < 4.78 is 0. The van der Waals surface area contributed by atoms with Gasteiger partial charge in [0.1, 0.15) is 0 Å². The third kappa shape index (κ3) is 2.60. The number of aromatic carboxylic acids is 1. The average molecular weight is 249 g/mol. The van der Waals surface area contributed by atoms with Crippen molar-refractivity contribution in [1.29, 1.82) is 0 Å². The summed E-state index contributed by atoms with van der Waals surface area (Å²) in [6.07, 6.45) is 2.20. The highest BCUT2D eigenvalue weighted by atomic mass is 16.4. The lowest BCUT2D eigenvalue weighted by Crippen LogP contribution is -2.41. The average Bonchev–Trinajstić information content (AvgIpc) is 2.27. The number of hydrogen-bond acceptors (Lipinski definition) is 4. The van der Waals surface area contributed by atoms with Crippen LogP contribution in [-0.2, 0) is 0 Å². The standard InChI is InChI=1S/C13H19N3O2/c1-8-4-5-16(10(3)6-8)13-14-9(2)7-11(15-13)12(17)18/h7-8,10H,4-6H2,1-3H3,(H,17,18). The number of carbonyl (C=O) groups is 1. The SMILES string of the molecule is Cc1cc(C(=O)O)nc(N2CCC(C)CC2C)n1. The van der Waals surface area contributed by atoms with Gasteiger partial charge in [-0.3, -0.25) is 0 Å². The van der Waals surface area contributed by atoms with Crippen molar-refractivity contribution in [2.24, 2.45) is 5.92 Å². The molecule has 1 aromatic heterocycles. The smallest absolute Gasteiger partial charge is 0.354 e. The van der Waals surface area contributed by atoms with E-state index in [1.165, 1.54) is 6.07 Å². The van der Waals surface area contributed by atoms with Gasteiger partial charge in [-0.25, -0.2) is 14.8 Å². The van der Waals surface area contributed by atoms with Crippen LogP contribution in [0.25, 0.3) is 0 Å². The monoisotopic (exact) mass is 249 g/mol. The molecule has 0 spiro atoms. The summed E-state index contributed by atoms with van der Waals surface area (Å²) in [6.45, 7) is 7.08. The predicted molar refractivity (Wildman–Crippen MR) is 68.9 cm³/mol. The molecule has 1 aliphatic rings. The number of anilines is 1. The topological polar surface area (TPSA) is 66.3 Å². The molecule has 2 rings (SSSR count). The largest absolute Gasteiger partial charge is 0.477 e. The maximum Gasteiger partial charge on any atom is 0.354 e. The maximum absolute atomic E-state index is 11.0. The van der Waals surface area contributed by atoms with Gasteiger partial charge in [-0.1, -0.05) is 6.92 Å². The molecule has 2 heterocycles. The maximum atomic E-state index is 11.0. The molecular weight excluding hydrogens is 230 g/mol. The van der Waals surface area contributed by atoms with Crippen molar-refractivity contribution in [3.8, 4) is 0 Å². The van der Waals surface area contributed by atoms with Gasteiger partial charge in [0.2, 0.25) is 5.95 Å². The minimum absolute atomic E-state index is 0.0725. The van der Waals surface area contributed by atoms with Crippen LogP contribution < -0.4 is 4.90 Å². The number of rotatable bonds is 2. The Morgan fingerprint density at radius 2 is 2.17 bits per heavy atom. The van der Waals surface area contributed by atoms with Gasteiger partial charge in [0.15, 0.2) is 5.69 Å². The summed E-state index contributed by atoms with van der Waals surface area (Å²) in [5.74, 6) is 0.256. The number of aryl methyl sites for hydroxylation is 1. The summed E-state index contributed by atoms with van der Waals surface area (Å²) in [7, 11) is 0. The molecule has 0 bridgehead atoms. The Labute approximate surface area is 107 Å². The second kappa shape index (κ2) is 4.92. The van der Waals surface area contributed by atoms with Crippen molar-refractivity contribution in [1.82, 2.24) is 9.97 Å². The number of nitrogens with zero attached hydrogens (tertiary/aromatic N) is 3. The quantitative estimate of drug-likeness (QED) is 0.869. The minimum atomic E-state index is -1.00. The zero-order valence-electron chi connectivity index (χ0n) is 11.1. The molecule has 0 radical (unpaired) electrons. The lowest BCUT2D eigenvalue weighted by atomic mass is 9.94. The zero-order valence-corrected chi connectivity index (χ0v) is 11.1. The molecular formula is C13H19N3O2. The summed E-state index contributed by atoms with van der Waals surface area (Å²) >= 11 is 0. The van der Waals surface area contributed by atoms with Crippen molar-refractivity contribution in [3.63, 3.8) is 0 Å². The number of aromatic nitrogens is 2. The summed E-state index contributed by atoms with van der Waals surface area (Å²) in [6, 6.07) is 1.86. The van der Waals surface area contributed by atoms with Crippen LogP contribution in [-0.4, -0.2) is 33.6 Å². The van der Waals surface area contributed by atoms with E-state index >= 15 is 0 Å². The molecule has 98 valence electrons. The molecule has 5 heteroatoms. The minimum Gasteiger partial charge on any atom is -0.477 e. The lowest BCUT2D eigenvalue weighted by molar-refractivity contribution is 0.0690. The Morgan fingerprint density at radius 1 is 1.44 bits per heavy atom. The van der Waals surface area contributed by atoms with Gasteiger partial charge in [0, 0.05) is 18.3 Å². The first-order chi connectivity index (χ1) is 8.47. The second-order valence-corrected chi connectivity index (χ2v) is 5.17. The highest BCUT2D eigenvalue weighted by molar-refractivity contribution is 5.85. The van der Waals surface area contributed by atoms with E-state index in [-0.39, 0.29) is 5.69 Å². The van der Waals surface area contributed by atoms with Crippen molar-refractivity contribution < 1.29 is 9.90 Å². The summed E-state index contributed by atoms with van der Waals surface area (Å²) in [5.41, 5.74) is 0.770. The molecule has 18 heavy (non-hydrogen) atoms. The number of carboxylic acid groups (broad SMARTS) is 1. The zero-order chi connectivity index (χ0) is 13.3. The highest BCUT2D eigenvalue weighted by Crippen LogP contribution is 2.25. The van der Waals surface area contributed by atoms with Gasteiger partial charge in [-0.2, -0.15) is 0 Å². The van der Waals surface area contributed by atoms with E-state index < -0.39 is 5.97 Å². The molecule has 2 atom stereocenters. The van der Waals surface area contributed by atoms with Crippen molar-refractivity contribution in [2.45, 2.75) is 39.7 Å². The third-order valence-electron chi connectivity index (χ3n) is 3.46. The van der Waals surface area contributed by atoms with Gasteiger partial charge in [-0.05, 0) is 38.7 Å². The van der Waals surface area contributed by atoms with E-state index in [0.717, 1.165) is 19.4 Å². The van der Waals surface area contributed by atoms with E-state index in [4.69, 9.17) is 5.11 Å². The van der Waals surface area contributed by atoms with Crippen molar-refractivity contribution >= 4 is 11.9 Å². The van der Waals surface area contributed by atoms with Crippen molar-refractivity contribution in [2.75, 3.05) is 11.4 Å². The van der Waals surface area contributed by atoms with Crippen molar-refractivity contribution in [3.05, 3.63) is 17.5 Å². The van der Waals surface area contributed by atoms with Crippen LogP contribution in [0.5, 0.6) is 0 Å². The molecule has 1 aromatic rings. The molecule has 2 unspecified atom stereocenters. The Bertz CT molecular complexity index is 462. The van der Waals surface area contributed by atoms with Crippen LogP contribution in [0.3, 0.4) is 0 Å². The highest BCUT2D eigenvalue weighted by Gasteiger charge is 2.25. The van der Waals surface area contributed by atoms with Crippen LogP contribution in [0.4, 0.5) is 5.95 Å². The van der Waals surface area contributed by atoms with Gasteiger partial charge in [0.05, 0.1) is 0 Å². The fourth-order valence-electron chi connectivity index (χ4n) is 2.50. The first-order valence-electron chi connectivity index (χ1n) is 6.33. The predicted octanol–water partition coefficient (Wildman–Crippen LogP) is 2.11. The Morgan fingerprint density at radius 3 is 2.78 bits per heavy atom. The summed E-state index contributed by atoms with van der Waals surface area (Å²) in [4.78, 5) is 21.6. The Hall–Kier alpha value is -1.65. The number of hydrogen-bond donors (Lipinski definition) is 1. The lowest BCUT2D eigenvalue weighted by Gasteiger charge is -2.36. The van der Waals surface area contributed by atoms with Crippen LogP contribution in [0.1, 0.15) is 42.9 Å². The normalized spacial score (nSPS) is 24.1. The first kappa shape index (κ1) is 12.8. The van der Waals surface area contributed by atoms with Gasteiger partial charge < -0.3 is 10.0 Å². The first-order valence-corrected chi connectivity index (χ1v) is 6.33. The second-order valence-electron chi connectivity index (χ2n) is 5.17. The molecule has 1 fully saturated rings. The fraction of sp³-hybridized carbons (Fsp3) is 0.615. The van der Waals surface area contributed by atoms with Crippen LogP contribution in [0.2, 0.25) is 0 Å². The van der Waals surface area contributed by atoms with Crippen LogP contribution in [0.15, 0.2) is 6.07 Å². The number of piperidine rings is 1. The van der Waals surface area contributed by atoms with Gasteiger partial charge >= 0.3 is 5.97 Å². The molecule has 1 saturated heterocycles. The fourth-order valence-corrected chi connectivity index (χ4v) is 2.50. The van der Waals surface area contributed by atoms with E-state index in [1.807, 2.05) is 0 Å².